The van der Waals surface area contributed by atoms with Crippen molar-refractivity contribution in [2.45, 2.75) is 13.8 Å². The number of benzene rings is 1. The van der Waals surface area contributed by atoms with Crippen LogP contribution < -0.4 is 0 Å². The predicted molar refractivity (Wildman–Crippen MR) is 62.9 cm³/mol. The molecule has 0 aliphatic rings. The van der Waals surface area contributed by atoms with E-state index in [9.17, 15) is 14.3 Å². The van der Waals surface area contributed by atoms with Crippen LogP contribution in [-0.4, -0.2) is 17.7 Å². The lowest BCUT2D eigenvalue weighted by atomic mass is 10.2. The fourth-order valence-corrected chi connectivity index (χ4v) is 1.12. The summed E-state index contributed by atoms with van der Waals surface area (Å²) in [5.74, 6) is -1.44. The Morgan fingerprint density at radius 2 is 2.24 bits per heavy atom. The van der Waals surface area contributed by atoms with Crippen LogP contribution in [0.3, 0.4) is 0 Å². The number of hydrogen-bond donors (Lipinski definition) is 1. The van der Waals surface area contributed by atoms with Crippen molar-refractivity contribution in [2.75, 3.05) is 6.61 Å². The molecule has 92 valence electrons. The van der Waals surface area contributed by atoms with Gasteiger partial charge in [-0.3, -0.25) is 0 Å². The fraction of sp³-hybridized carbons (Fsp3) is 0.308. The number of para-hydroxylation sites is 1. The van der Waals surface area contributed by atoms with Crippen LogP contribution in [0.15, 0.2) is 24.3 Å². The minimum Gasteiger partial charge on any atom is -0.504 e. The van der Waals surface area contributed by atoms with Gasteiger partial charge in [0.1, 0.15) is 0 Å². The Balaban J connectivity index is 2.64. The summed E-state index contributed by atoms with van der Waals surface area (Å²) in [7, 11) is 0. The summed E-state index contributed by atoms with van der Waals surface area (Å²) in [5, 5.41) is 9.35. The van der Waals surface area contributed by atoms with Gasteiger partial charge in [-0.2, -0.15) is 0 Å². The van der Waals surface area contributed by atoms with Crippen molar-refractivity contribution in [2.24, 2.45) is 5.92 Å². The van der Waals surface area contributed by atoms with Crippen LogP contribution in [-0.2, 0) is 9.53 Å². The highest BCUT2D eigenvalue weighted by Crippen LogP contribution is 2.21. The Morgan fingerprint density at radius 3 is 2.88 bits per heavy atom. The first-order valence-corrected chi connectivity index (χ1v) is 5.33. The van der Waals surface area contributed by atoms with Crippen molar-refractivity contribution in [1.29, 1.82) is 0 Å². The van der Waals surface area contributed by atoms with Gasteiger partial charge in [-0.05, 0) is 18.1 Å². The Hall–Kier alpha value is -1.84. The molecule has 4 heteroatoms. The SMILES string of the molecule is CC(C)COC(=O)/C=C/c1cccc(F)c1O. The molecule has 1 aromatic rings. The number of halogens is 1. The lowest BCUT2D eigenvalue weighted by Crippen LogP contribution is -2.06. The molecule has 0 aromatic heterocycles. The molecule has 0 unspecified atom stereocenters. The minimum absolute atomic E-state index is 0.242. The zero-order valence-electron chi connectivity index (χ0n) is 9.81. The van der Waals surface area contributed by atoms with Crippen molar-refractivity contribution >= 4 is 12.0 Å². The van der Waals surface area contributed by atoms with E-state index in [1.54, 1.807) is 0 Å². The van der Waals surface area contributed by atoms with E-state index in [1.807, 2.05) is 13.8 Å². The van der Waals surface area contributed by atoms with Crippen molar-refractivity contribution in [1.82, 2.24) is 0 Å². The van der Waals surface area contributed by atoms with E-state index in [4.69, 9.17) is 4.74 Å². The summed E-state index contributed by atoms with van der Waals surface area (Å²) in [6, 6.07) is 4.10. The maximum absolute atomic E-state index is 13.0. The van der Waals surface area contributed by atoms with Crippen LogP contribution in [0.25, 0.3) is 6.08 Å². The Kier molecular flexibility index (Phi) is 4.69. The van der Waals surface area contributed by atoms with Gasteiger partial charge in [0.15, 0.2) is 11.6 Å². The second-order valence-corrected chi connectivity index (χ2v) is 4.03. The van der Waals surface area contributed by atoms with Crippen LogP contribution in [0.5, 0.6) is 5.75 Å². The van der Waals surface area contributed by atoms with Crippen molar-refractivity contribution in [3.05, 3.63) is 35.7 Å². The molecule has 1 aromatic carbocycles. The van der Waals surface area contributed by atoms with Crippen molar-refractivity contribution in [3.8, 4) is 5.75 Å². The highest BCUT2D eigenvalue weighted by molar-refractivity contribution is 5.87. The monoisotopic (exact) mass is 238 g/mol. The molecule has 0 aliphatic heterocycles. The average Bonchev–Trinajstić information content (AvgIpc) is 2.28. The Bertz CT molecular complexity index is 425. The first-order chi connectivity index (χ1) is 8.00. The summed E-state index contributed by atoms with van der Waals surface area (Å²) < 4.78 is 17.9. The molecule has 0 saturated carbocycles. The number of esters is 1. The van der Waals surface area contributed by atoms with Crippen LogP contribution in [0, 0.1) is 11.7 Å². The summed E-state index contributed by atoms with van der Waals surface area (Å²) in [6.45, 7) is 4.18. The van der Waals surface area contributed by atoms with Gasteiger partial charge in [0.25, 0.3) is 0 Å². The fourth-order valence-electron chi connectivity index (χ4n) is 1.12. The second kappa shape index (κ2) is 6.03. The first-order valence-electron chi connectivity index (χ1n) is 5.33. The van der Waals surface area contributed by atoms with Crippen LogP contribution in [0.2, 0.25) is 0 Å². The number of hydrogen-bond acceptors (Lipinski definition) is 3. The van der Waals surface area contributed by atoms with Gasteiger partial charge in [-0.1, -0.05) is 26.0 Å². The number of rotatable bonds is 4. The second-order valence-electron chi connectivity index (χ2n) is 4.03. The number of phenolic OH excluding ortho intramolecular Hbond substituents is 1. The number of ether oxygens (including phenoxy) is 1. The van der Waals surface area contributed by atoms with Gasteiger partial charge in [0, 0.05) is 11.6 Å². The zero-order valence-corrected chi connectivity index (χ0v) is 9.81. The van der Waals surface area contributed by atoms with Gasteiger partial charge in [0.05, 0.1) is 6.61 Å². The van der Waals surface area contributed by atoms with Gasteiger partial charge in [0.2, 0.25) is 0 Å². The smallest absolute Gasteiger partial charge is 0.330 e. The van der Waals surface area contributed by atoms with Crippen LogP contribution in [0.4, 0.5) is 4.39 Å². The largest absolute Gasteiger partial charge is 0.504 e. The molecule has 1 rings (SSSR count). The molecule has 0 saturated heterocycles. The molecule has 0 bridgehead atoms. The maximum Gasteiger partial charge on any atom is 0.330 e. The summed E-state index contributed by atoms with van der Waals surface area (Å²) >= 11 is 0. The molecule has 1 N–H and O–H groups in total. The zero-order chi connectivity index (χ0) is 12.8. The lowest BCUT2D eigenvalue weighted by Gasteiger charge is -2.04. The molecule has 0 spiro atoms. The van der Waals surface area contributed by atoms with E-state index in [0.717, 1.165) is 12.1 Å². The Labute approximate surface area is 99.5 Å². The molecule has 0 amide bonds. The molecular weight excluding hydrogens is 223 g/mol. The van der Waals surface area contributed by atoms with Gasteiger partial charge >= 0.3 is 5.97 Å². The normalized spacial score (nSPS) is 11.1. The predicted octanol–water partition coefficient (Wildman–Crippen LogP) is 2.74. The summed E-state index contributed by atoms with van der Waals surface area (Å²) in [5.41, 5.74) is 0.242. The molecule has 17 heavy (non-hydrogen) atoms. The quantitative estimate of drug-likeness (QED) is 0.648. The van der Waals surface area contributed by atoms with E-state index in [1.165, 1.54) is 18.2 Å². The molecular formula is C13H15FO3. The number of phenols is 1. The highest BCUT2D eigenvalue weighted by atomic mass is 19.1. The molecule has 3 nitrogen and oxygen atoms in total. The third kappa shape index (κ3) is 4.26. The summed E-state index contributed by atoms with van der Waals surface area (Å²) in [4.78, 5) is 11.2. The maximum atomic E-state index is 13.0. The third-order valence-electron chi connectivity index (χ3n) is 1.98. The van der Waals surface area contributed by atoms with Crippen LogP contribution in [0.1, 0.15) is 19.4 Å². The minimum atomic E-state index is -0.720. The topological polar surface area (TPSA) is 46.5 Å². The third-order valence-corrected chi connectivity index (χ3v) is 1.98. The molecule has 0 radical (unpaired) electrons. The van der Waals surface area contributed by atoms with Crippen molar-refractivity contribution in [3.63, 3.8) is 0 Å². The van der Waals surface area contributed by atoms with E-state index in [0.29, 0.717) is 6.61 Å². The van der Waals surface area contributed by atoms with E-state index >= 15 is 0 Å². The van der Waals surface area contributed by atoms with Gasteiger partial charge < -0.3 is 9.84 Å². The molecule has 0 atom stereocenters. The standard InChI is InChI=1S/C13H15FO3/c1-9(2)8-17-12(15)7-6-10-4-3-5-11(14)13(10)16/h3-7,9,16H,8H2,1-2H3/b7-6+. The van der Waals surface area contributed by atoms with E-state index in [2.05, 4.69) is 0 Å². The van der Waals surface area contributed by atoms with Gasteiger partial charge in [-0.25, -0.2) is 9.18 Å². The number of aromatic hydroxyl groups is 1. The number of carbonyl (C=O) groups is 1. The van der Waals surface area contributed by atoms with E-state index in [-0.39, 0.29) is 11.5 Å². The first kappa shape index (κ1) is 13.2. The molecule has 0 heterocycles. The number of carbonyl (C=O) groups excluding carboxylic acids is 1. The van der Waals surface area contributed by atoms with Crippen LogP contribution >= 0.6 is 0 Å². The van der Waals surface area contributed by atoms with Gasteiger partial charge in [-0.15, -0.1) is 0 Å². The Morgan fingerprint density at radius 1 is 1.53 bits per heavy atom. The highest BCUT2D eigenvalue weighted by Gasteiger charge is 2.04. The average molecular weight is 238 g/mol. The lowest BCUT2D eigenvalue weighted by molar-refractivity contribution is -0.138. The van der Waals surface area contributed by atoms with Crippen molar-refractivity contribution < 1.29 is 19.0 Å². The summed E-state index contributed by atoms with van der Waals surface area (Å²) in [6.07, 6.45) is 2.48. The van der Waals surface area contributed by atoms with E-state index < -0.39 is 17.5 Å². The molecule has 0 aliphatic carbocycles. The molecule has 0 fully saturated rings.